The van der Waals surface area contributed by atoms with Crippen LogP contribution in [0.25, 0.3) is 0 Å². The number of nitrogens with zero attached hydrogens (tertiary/aromatic N) is 1. The molecule has 1 aliphatic heterocycles. The Labute approximate surface area is 118 Å². The van der Waals surface area contributed by atoms with Crippen molar-refractivity contribution in [2.45, 2.75) is 70.9 Å². The van der Waals surface area contributed by atoms with Crippen LogP contribution in [-0.2, 0) is 4.79 Å². The number of hydrogen-bond acceptors (Lipinski definition) is 2. The molecule has 4 atom stereocenters. The average Bonchev–Trinajstić information content (AvgIpc) is 2.40. The fourth-order valence-electron chi connectivity index (χ4n) is 3.68. The van der Waals surface area contributed by atoms with E-state index >= 15 is 0 Å². The molecular formula is C16H30N2O. The van der Waals surface area contributed by atoms with Crippen LogP contribution in [0.15, 0.2) is 0 Å². The van der Waals surface area contributed by atoms with Gasteiger partial charge < -0.3 is 10.2 Å². The number of carbonyl (C=O) groups is 1. The molecule has 1 heterocycles. The third-order valence-electron chi connectivity index (χ3n) is 5.17. The van der Waals surface area contributed by atoms with E-state index in [0.717, 1.165) is 12.5 Å². The van der Waals surface area contributed by atoms with Gasteiger partial charge in [0.1, 0.15) is 0 Å². The third kappa shape index (κ3) is 3.95. The van der Waals surface area contributed by atoms with Gasteiger partial charge in [-0.25, -0.2) is 0 Å². The van der Waals surface area contributed by atoms with Gasteiger partial charge in [0, 0.05) is 25.6 Å². The van der Waals surface area contributed by atoms with Crippen LogP contribution in [0, 0.1) is 11.8 Å². The van der Waals surface area contributed by atoms with Crippen molar-refractivity contribution < 1.29 is 4.79 Å². The third-order valence-corrected chi connectivity index (χ3v) is 5.17. The average molecular weight is 266 g/mol. The van der Waals surface area contributed by atoms with E-state index in [-0.39, 0.29) is 0 Å². The Hall–Kier alpha value is -0.570. The van der Waals surface area contributed by atoms with Gasteiger partial charge in [0.25, 0.3) is 0 Å². The van der Waals surface area contributed by atoms with Crippen molar-refractivity contribution in [3.63, 3.8) is 0 Å². The Kier molecular flexibility index (Phi) is 5.26. The summed E-state index contributed by atoms with van der Waals surface area (Å²) in [5, 5.41) is 3.52. The summed E-state index contributed by atoms with van der Waals surface area (Å²) in [7, 11) is 2.01. The molecule has 1 amide bonds. The van der Waals surface area contributed by atoms with E-state index < -0.39 is 0 Å². The molecule has 2 aliphatic rings. The molecule has 0 spiro atoms. The molecule has 2 rings (SSSR count). The van der Waals surface area contributed by atoms with Crippen molar-refractivity contribution in [1.82, 2.24) is 10.2 Å². The van der Waals surface area contributed by atoms with Crippen LogP contribution in [0.2, 0.25) is 0 Å². The molecule has 0 bridgehead atoms. The van der Waals surface area contributed by atoms with Gasteiger partial charge in [0.2, 0.25) is 5.91 Å². The Morgan fingerprint density at radius 1 is 1.21 bits per heavy atom. The number of rotatable bonds is 3. The lowest BCUT2D eigenvalue weighted by Gasteiger charge is -2.36. The summed E-state index contributed by atoms with van der Waals surface area (Å²) < 4.78 is 0. The summed E-state index contributed by atoms with van der Waals surface area (Å²) in [6, 6.07) is 0.875. The number of carbonyl (C=O) groups excluding carboxylic acids is 1. The van der Waals surface area contributed by atoms with Crippen molar-refractivity contribution in [3.8, 4) is 0 Å². The van der Waals surface area contributed by atoms with E-state index in [1.807, 2.05) is 11.9 Å². The van der Waals surface area contributed by atoms with Crippen molar-refractivity contribution >= 4 is 5.91 Å². The second-order valence-electron chi connectivity index (χ2n) is 6.81. The maximum absolute atomic E-state index is 12.4. The maximum Gasteiger partial charge on any atom is 0.224 e. The lowest BCUT2D eigenvalue weighted by Crippen LogP contribution is -2.46. The normalized spacial score (nSPS) is 35.9. The van der Waals surface area contributed by atoms with Crippen LogP contribution in [-0.4, -0.2) is 36.5 Å². The second-order valence-corrected chi connectivity index (χ2v) is 6.81. The molecule has 19 heavy (non-hydrogen) atoms. The first-order chi connectivity index (χ1) is 9.08. The van der Waals surface area contributed by atoms with Gasteiger partial charge in [0.15, 0.2) is 0 Å². The molecule has 2 fully saturated rings. The molecule has 110 valence electrons. The van der Waals surface area contributed by atoms with E-state index in [1.54, 1.807) is 0 Å². The zero-order valence-corrected chi connectivity index (χ0v) is 12.8. The molecule has 0 radical (unpaired) electrons. The molecule has 0 aromatic heterocycles. The first-order valence-electron chi connectivity index (χ1n) is 8.07. The lowest BCUT2D eigenvalue weighted by atomic mass is 9.85. The first kappa shape index (κ1) is 14.8. The number of hydrogen-bond donors (Lipinski definition) is 1. The quantitative estimate of drug-likeness (QED) is 0.852. The summed E-state index contributed by atoms with van der Waals surface area (Å²) >= 11 is 0. The second kappa shape index (κ2) is 6.74. The fourth-order valence-corrected chi connectivity index (χ4v) is 3.68. The van der Waals surface area contributed by atoms with Gasteiger partial charge >= 0.3 is 0 Å². The van der Waals surface area contributed by atoms with Gasteiger partial charge in [-0.1, -0.05) is 26.7 Å². The van der Waals surface area contributed by atoms with Crippen molar-refractivity contribution in [1.29, 1.82) is 0 Å². The van der Waals surface area contributed by atoms with E-state index in [4.69, 9.17) is 0 Å². The van der Waals surface area contributed by atoms with Gasteiger partial charge in [0.05, 0.1) is 0 Å². The van der Waals surface area contributed by atoms with Gasteiger partial charge in [-0.2, -0.15) is 0 Å². The Morgan fingerprint density at radius 2 is 2.00 bits per heavy atom. The molecule has 1 N–H and O–H groups in total. The minimum Gasteiger partial charge on any atom is -0.343 e. The van der Waals surface area contributed by atoms with Crippen LogP contribution >= 0.6 is 0 Å². The van der Waals surface area contributed by atoms with Crippen molar-refractivity contribution in [3.05, 3.63) is 0 Å². The molecule has 1 saturated carbocycles. The Morgan fingerprint density at radius 3 is 2.68 bits per heavy atom. The van der Waals surface area contributed by atoms with Crippen LogP contribution in [0.1, 0.15) is 58.8 Å². The highest BCUT2D eigenvalue weighted by Gasteiger charge is 2.29. The summed E-state index contributed by atoms with van der Waals surface area (Å²) in [6.07, 6.45) is 8.19. The van der Waals surface area contributed by atoms with E-state index in [0.29, 0.717) is 30.3 Å². The molecular weight excluding hydrogens is 236 g/mol. The van der Waals surface area contributed by atoms with Gasteiger partial charge in [-0.3, -0.25) is 4.79 Å². The zero-order chi connectivity index (χ0) is 13.8. The topological polar surface area (TPSA) is 32.3 Å². The summed E-state index contributed by atoms with van der Waals surface area (Å²) in [5.74, 6) is 1.75. The van der Waals surface area contributed by atoms with E-state index in [9.17, 15) is 4.79 Å². The smallest absolute Gasteiger partial charge is 0.224 e. The first-order valence-corrected chi connectivity index (χ1v) is 8.07. The number of piperidine rings is 1. The molecule has 3 heteroatoms. The van der Waals surface area contributed by atoms with Crippen molar-refractivity contribution in [2.75, 3.05) is 13.6 Å². The molecule has 1 saturated heterocycles. The summed E-state index contributed by atoms with van der Waals surface area (Å²) in [5.41, 5.74) is 0. The maximum atomic E-state index is 12.4. The standard InChI is InChI=1S/C16H30N2O/c1-12-6-4-8-14(10-12)18(3)16(19)11-15-13(2)7-5-9-17-15/h12-15,17H,4-11H2,1-3H3. The highest BCUT2D eigenvalue weighted by atomic mass is 16.2. The Balaban J connectivity index is 1.84. The van der Waals surface area contributed by atoms with Gasteiger partial charge in [-0.05, 0) is 44.1 Å². The highest BCUT2D eigenvalue weighted by molar-refractivity contribution is 5.77. The van der Waals surface area contributed by atoms with E-state index in [1.165, 1.54) is 38.5 Å². The molecule has 0 aromatic rings. The highest BCUT2D eigenvalue weighted by Crippen LogP contribution is 2.27. The Bertz CT molecular complexity index is 305. The van der Waals surface area contributed by atoms with Crippen LogP contribution in [0.4, 0.5) is 0 Å². The molecule has 0 aromatic carbocycles. The molecule has 1 aliphatic carbocycles. The fraction of sp³-hybridized carbons (Fsp3) is 0.938. The summed E-state index contributed by atoms with van der Waals surface area (Å²) in [4.78, 5) is 14.5. The summed E-state index contributed by atoms with van der Waals surface area (Å²) in [6.45, 7) is 5.66. The number of amides is 1. The van der Waals surface area contributed by atoms with Crippen LogP contribution in [0.3, 0.4) is 0 Å². The number of nitrogens with one attached hydrogen (secondary N) is 1. The lowest BCUT2D eigenvalue weighted by molar-refractivity contribution is -0.133. The predicted molar refractivity (Wildman–Crippen MR) is 79.0 cm³/mol. The SMILES string of the molecule is CC1CCCC(N(C)C(=O)CC2NCCCC2C)C1. The minimum absolute atomic E-state index is 0.338. The predicted octanol–water partition coefficient (Wildman–Crippen LogP) is 2.80. The van der Waals surface area contributed by atoms with Crippen LogP contribution < -0.4 is 5.32 Å². The molecule has 4 unspecified atom stereocenters. The molecule has 3 nitrogen and oxygen atoms in total. The minimum atomic E-state index is 0.338. The largest absolute Gasteiger partial charge is 0.343 e. The van der Waals surface area contributed by atoms with E-state index in [2.05, 4.69) is 19.2 Å². The monoisotopic (exact) mass is 266 g/mol. The van der Waals surface area contributed by atoms with Crippen LogP contribution in [0.5, 0.6) is 0 Å². The van der Waals surface area contributed by atoms with Crippen molar-refractivity contribution in [2.24, 2.45) is 11.8 Å². The van der Waals surface area contributed by atoms with Gasteiger partial charge in [-0.15, -0.1) is 0 Å². The zero-order valence-electron chi connectivity index (χ0n) is 12.8.